The van der Waals surface area contributed by atoms with Crippen LogP contribution in [-0.2, 0) is 10.0 Å². The number of carboxylic acids is 1. The molecular formula is C11H15NO4S2. The van der Waals surface area contributed by atoms with E-state index in [9.17, 15) is 13.2 Å². The lowest BCUT2D eigenvalue weighted by molar-refractivity contribution is 0.0702. The average molecular weight is 289 g/mol. The van der Waals surface area contributed by atoms with Crippen molar-refractivity contribution in [2.24, 2.45) is 0 Å². The van der Waals surface area contributed by atoms with Crippen LogP contribution in [0.3, 0.4) is 0 Å². The highest BCUT2D eigenvalue weighted by Gasteiger charge is 2.23. The van der Waals surface area contributed by atoms with Crippen molar-refractivity contribution < 1.29 is 18.3 Å². The summed E-state index contributed by atoms with van der Waals surface area (Å²) >= 11 is 0.766. The lowest BCUT2D eigenvalue weighted by Gasteiger charge is -2.15. The zero-order chi connectivity index (χ0) is 13.8. The third kappa shape index (κ3) is 3.41. The first kappa shape index (κ1) is 14.9. The SMILES string of the molecule is C=CCCCN(C)S(=O)(=O)c1ccc(C(=O)O)s1. The molecule has 0 radical (unpaired) electrons. The lowest BCUT2D eigenvalue weighted by Crippen LogP contribution is -2.27. The molecule has 100 valence electrons. The maximum absolute atomic E-state index is 12.1. The Labute approximate surface area is 110 Å². The fourth-order valence-electron chi connectivity index (χ4n) is 1.31. The number of aromatic carboxylic acids is 1. The number of unbranched alkanes of at least 4 members (excludes halogenated alkanes) is 1. The van der Waals surface area contributed by atoms with Crippen molar-refractivity contribution in [3.05, 3.63) is 29.7 Å². The molecule has 7 heteroatoms. The molecule has 1 rings (SSSR count). The zero-order valence-electron chi connectivity index (χ0n) is 10.00. The molecule has 5 nitrogen and oxygen atoms in total. The first-order chi connectivity index (χ1) is 8.39. The van der Waals surface area contributed by atoms with E-state index in [1.807, 2.05) is 0 Å². The van der Waals surface area contributed by atoms with E-state index >= 15 is 0 Å². The summed E-state index contributed by atoms with van der Waals surface area (Å²) in [4.78, 5) is 10.7. The summed E-state index contributed by atoms with van der Waals surface area (Å²) in [5, 5.41) is 8.77. The number of thiophene rings is 1. The number of nitrogens with zero attached hydrogens (tertiary/aromatic N) is 1. The van der Waals surface area contributed by atoms with Gasteiger partial charge in [-0.25, -0.2) is 17.5 Å². The van der Waals surface area contributed by atoms with Crippen molar-refractivity contribution in [1.82, 2.24) is 4.31 Å². The van der Waals surface area contributed by atoms with Crippen LogP contribution in [0.1, 0.15) is 22.5 Å². The maximum Gasteiger partial charge on any atom is 0.345 e. The van der Waals surface area contributed by atoms with Crippen molar-refractivity contribution >= 4 is 27.3 Å². The van der Waals surface area contributed by atoms with E-state index < -0.39 is 16.0 Å². The molecule has 0 aliphatic heterocycles. The van der Waals surface area contributed by atoms with Gasteiger partial charge in [-0.15, -0.1) is 17.9 Å². The summed E-state index contributed by atoms with van der Waals surface area (Å²) in [6.07, 6.45) is 3.16. The van der Waals surface area contributed by atoms with Crippen LogP contribution in [0, 0.1) is 0 Å². The molecule has 1 aromatic heterocycles. The minimum atomic E-state index is -3.58. The summed E-state index contributed by atoms with van der Waals surface area (Å²) in [6, 6.07) is 2.63. The van der Waals surface area contributed by atoms with Crippen molar-refractivity contribution in [2.75, 3.05) is 13.6 Å². The van der Waals surface area contributed by atoms with Crippen LogP contribution in [0.5, 0.6) is 0 Å². The Kier molecular flexibility index (Phi) is 5.06. The number of carboxylic acid groups (broad SMARTS) is 1. The molecule has 0 saturated carbocycles. The number of sulfonamides is 1. The minimum Gasteiger partial charge on any atom is -0.477 e. The van der Waals surface area contributed by atoms with E-state index in [1.165, 1.54) is 23.5 Å². The summed E-state index contributed by atoms with van der Waals surface area (Å²) in [5.74, 6) is -1.12. The van der Waals surface area contributed by atoms with Crippen LogP contribution >= 0.6 is 11.3 Å². The van der Waals surface area contributed by atoms with E-state index in [2.05, 4.69) is 6.58 Å². The zero-order valence-corrected chi connectivity index (χ0v) is 11.6. The molecule has 1 N–H and O–H groups in total. The molecule has 0 saturated heterocycles. The number of hydrogen-bond donors (Lipinski definition) is 1. The number of carbonyl (C=O) groups is 1. The predicted molar refractivity (Wildman–Crippen MR) is 70.5 cm³/mol. The smallest absolute Gasteiger partial charge is 0.345 e. The Morgan fingerprint density at radius 2 is 2.22 bits per heavy atom. The van der Waals surface area contributed by atoms with Gasteiger partial charge in [0.25, 0.3) is 10.0 Å². The molecule has 18 heavy (non-hydrogen) atoms. The van der Waals surface area contributed by atoms with E-state index in [0.717, 1.165) is 17.8 Å². The highest BCUT2D eigenvalue weighted by atomic mass is 32.2. The number of rotatable bonds is 7. The molecule has 0 bridgehead atoms. The second-order valence-corrected chi connectivity index (χ2v) is 7.04. The lowest BCUT2D eigenvalue weighted by atomic mass is 10.3. The topological polar surface area (TPSA) is 74.7 Å². The third-order valence-electron chi connectivity index (χ3n) is 2.34. The van der Waals surface area contributed by atoms with Crippen molar-refractivity contribution in [3.63, 3.8) is 0 Å². The summed E-state index contributed by atoms with van der Waals surface area (Å²) in [5.41, 5.74) is 0. The van der Waals surface area contributed by atoms with Gasteiger partial charge < -0.3 is 5.11 Å². The van der Waals surface area contributed by atoms with Crippen LogP contribution in [0.25, 0.3) is 0 Å². The Balaban J connectivity index is 2.84. The second-order valence-electron chi connectivity index (χ2n) is 3.68. The highest BCUT2D eigenvalue weighted by molar-refractivity contribution is 7.91. The van der Waals surface area contributed by atoms with Crippen molar-refractivity contribution in [1.29, 1.82) is 0 Å². The largest absolute Gasteiger partial charge is 0.477 e. The van der Waals surface area contributed by atoms with Gasteiger partial charge in [-0.2, -0.15) is 0 Å². The molecule has 0 fully saturated rings. The second kappa shape index (κ2) is 6.12. The van der Waals surface area contributed by atoms with Crippen LogP contribution in [0.2, 0.25) is 0 Å². The van der Waals surface area contributed by atoms with Gasteiger partial charge in [-0.1, -0.05) is 6.08 Å². The molecule has 0 aromatic carbocycles. The standard InChI is InChI=1S/C11H15NO4S2/c1-3-4-5-8-12(2)18(15,16)10-7-6-9(17-10)11(13)14/h3,6-7H,1,4-5,8H2,2H3,(H,13,14). The molecule has 1 heterocycles. The molecular weight excluding hydrogens is 274 g/mol. The normalized spacial score (nSPS) is 11.7. The van der Waals surface area contributed by atoms with E-state index in [-0.39, 0.29) is 9.09 Å². The number of allylic oxidation sites excluding steroid dienone is 1. The molecule has 0 amide bonds. The van der Waals surface area contributed by atoms with E-state index in [1.54, 1.807) is 6.08 Å². The van der Waals surface area contributed by atoms with E-state index in [0.29, 0.717) is 13.0 Å². The van der Waals surface area contributed by atoms with Gasteiger partial charge in [-0.05, 0) is 25.0 Å². The monoisotopic (exact) mass is 289 g/mol. The Morgan fingerprint density at radius 3 is 2.72 bits per heavy atom. The third-order valence-corrected chi connectivity index (χ3v) is 5.74. The van der Waals surface area contributed by atoms with Gasteiger partial charge in [-0.3, -0.25) is 0 Å². The Hall–Kier alpha value is -1.18. The molecule has 0 aliphatic rings. The van der Waals surface area contributed by atoms with Gasteiger partial charge in [0.2, 0.25) is 0 Å². The quantitative estimate of drug-likeness (QED) is 0.615. The maximum atomic E-state index is 12.1. The summed E-state index contributed by atoms with van der Waals surface area (Å²) in [6.45, 7) is 3.95. The minimum absolute atomic E-state index is 0.0214. The van der Waals surface area contributed by atoms with Gasteiger partial charge in [0.05, 0.1) is 0 Å². The molecule has 0 aliphatic carbocycles. The van der Waals surface area contributed by atoms with Crippen LogP contribution in [-0.4, -0.2) is 37.4 Å². The van der Waals surface area contributed by atoms with Crippen LogP contribution in [0.4, 0.5) is 0 Å². The fraction of sp³-hybridized carbons (Fsp3) is 0.364. The summed E-state index contributed by atoms with van der Waals surface area (Å²) < 4.78 is 25.4. The van der Waals surface area contributed by atoms with Gasteiger partial charge >= 0.3 is 5.97 Å². The Bertz CT molecular complexity index is 533. The number of hydrogen-bond acceptors (Lipinski definition) is 4. The first-order valence-electron chi connectivity index (χ1n) is 5.30. The predicted octanol–water partition coefficient (Wildman–Crippen LogP) is 2.03. The van der Waals surface area contributed by atoms with Crippen LogP contribution in [0.15, 0.2) is 29.0 Å². The summed E-state index contributed by atoms with van der Waals surface area (Å²) in [7, 11) is -2.09. The van der Waals surface area contributed by atoms with Crippen molar-refractivity contribution in [2.45, 2.75) is 17.1 Å². The first-order valence-corrected chi connectivity index (χ1v) is 7.55. The molecule has 0 unspecified atom stereocenters. The van der Waals surface area contributed by atoms with Gasteiger partial charge in [0, 0.05) is 13.6 Å². The Morgan fingerprint density at radius 1 is 1.56 bits per heavy atom. The molecule has 1 aromatic rings. The van der Waals surface area contributed by atoms with E-state index in [4.69, 9.17) is 5.11 Å². The van der Waals surface area contributed by atoms with Crippen molar-refractivity contribution in [3.8, 4) is 0 Å². The average Bonchev–Trinajstić information content (AvgIpc) is 2.79. The fourth-order valence-corrected chi connectivity index (χ4v) is 3.87. The molecule has 0 atom stereocenters. The van der Waals surface area contributed by atoms with Gasteiger partial charge in [0.1, 0.15) is 9.09 Å². The van der Waals surface area contributed by atoms with Crippen LogP contribution < -0.4 is 0 Å². The highest BCUT2D eigenvalue weighted by Crippen LogP contribution is 2.24. The molecule has 0 spiro atoms. The van der Waals surface area contributed by atoms with Gasteiger partial charge in [0.15, 0.2) is 0 Å².